The van der Waals surface area contributed by atoms with Crippen molar-refractivity contribution in [2.75, 3.05) is 7.11 Å². The number of carbonyl (C=O) groups is 1. The predicted molar refractivity (Wildman–Crippen MR) is 70.1 cm³/mol. The molecule has 0 radical (unpaired) electrons. The monoisotopic (exact) mass is 241 g/mol. The van der Waals surface area contributed by atoms with Crippen LogP contribution in [-0.2, 0) is 0 Å². The number of carbonyl (C=O) groups excluding carboxylic acids is 1. The summed E-state index contributed by atoms with van der Waals surface area (Å²) in [5.74, 6) is 0.704. The van der Waals surface area contributed by atoms with E-state index in [1.807, 2.05) is 32.0 Å². The minimum atomic E-state index is -0.0479. The van der Waals surface area contributed by atoms with Crippen LogP contribution in [0, 0.1) is 13.8 Å². The van der Waals surface area contributed by atoms with Crippen molar-refractivity contribution in [1.82, 2.24) is 4.98 Å². The molecule has 0 saturated heterocycles. The first-order valence-electron chi connectivity index (χ1n) is 5.74. The Morgan fingerprint density at radius 2 is 1.94 bits per heavy atom. The molecule has 0 aliphatic carbocycles. The second-order valence-electron chi connectivity index (χ2n) is 4.18. The molecule has 0 N–H and O–H groups in total. The van der Waals surface area contributed by atoms with Crippen LogP contribution in [-0.4, -0.2) is 17.9 Å². The van der Waals surface area contributed by atoms with Gasteiger partial charge in [-0.2, -0.15) is 0 Å². The lowest BCUT2D eigenvalue weighted by atomic mass is 10.00. The lowest BCUT2D eigenvalue weighted by molar-refractivity contribution is 0.103. The summed E-state index contributed by atoms with van der Waals surface area (Å²) in [7, 11) is 1.61. The molecule has 0 saturated carbocycles. The van der Waals surface area contributed by atoms with E-state index in [1.165, 1.54) is 0 Å². The van der Waals surface area contributed by atoms with Crippen molar-refractivity contribution in [3.8, 4) is 5.75 Å². The van der Waals surface area contributed by atoms with Gasteiger partial charge >= 0.3 is 0 Å². The second kappa shape index (κ2) is 5.00. The zero-order valence-electron chi connectivity index (χ0n) is 10.7. The first kappa shape index (κ1) is 12.3. The summed E-state index contributed by atoms with van der Waals surface area (Å²) < 4.78 is 5.13. The van der Waals surface area contributed by atoms with Gasteiger partial charge in [0, 0.05) is 11.8 Å². The minimum absolute atomic E-state index is 0.0479. The van der Waals surface area contributed by atoms with Gasteiger partial charge < -0.3 is 4.74 Å². The van der Waals surface area contributed by atoms with Gasteiger partial charge in [0.2, 0.25) is 5.78 Å². The summed E-state index contributed by atoms with van der Waals surface area (Å²) in [4.78, 5) is 16.5. The predicted octanol–water partition coefficient (Wildman–Crippen LogP) is 2.94. The first-order valence-corrected chi connectivity index (χ1v) is 5.74. The molecule has 0 bridgehead atoms. The lowest BCUT2D eigenvalue weighted by Crippen LogP contribution is -2.08. The highest BCUT2D eigenvalue weighted by Gasteiger charge is 2.15. The van der Waals surface area contributed by atoms with Gasteiger partial charge in [-0.05, 0) is 49.2 Å². The van der Waals surface area contributed by atoms with Gasteiger partial charge in [-0.25, -0.2) is 0 Å². The van der Waals surface area contributed by atoms with Crippen LogP contribution in [0.1, 0.15) is 27.2 Å². The quantitative estimate of drug-likeness (QED) is 0.775. The number of ketones is 1. The molecule has 1 aromatic carbocycles. The molecule has 3 heteroatoms. The Morgan fingerprint density at radius 3 is 2.56 bits per heavy atom. The Bertz CT molecular complexity index is 591. The van der Waals surface area contributed by atoms with Crippen molar-refractivity contribution < 1.29 is 9.53 Å². The van der Waals surface area contributed by atoms with Crippen LogP contribution in [0.5, 0.6) is 5.75 Å². The average molecular weight is 241 g/mol. The van der Waals surface area contributed by atoms with Crippen molar-refractivity contribution >= 4 is 5.78 Å². The Morgan fingerprint density at radius 1 is 1.17 bits per heavy atom. The smallest absolute Gasteiger partial charge is 0.211 e. The zero-order valence-corrected chi connectivity index (χ0v) is 10.7. The number of pyridine rings is 1. The molecule has 0 aliphatic heterocycles. The van der Waals surface area contributed by atoms with Gasteiger partial charge in [0.1, 0.15) is 11.4 Å². The van der Waals surface area contributed by atoms with E-state index < -0.39 is 0 Å². The lowest BCUT2D eigenvalue weighted by Gasteiger charge is -2.08. The molecule has 0 aliphatic rings. The summed E-state index contributed by atoms with van der Waals surface area (Å²) in [6.07, 6.45) is 1.64. The number of hydrogen-bond donors (Lipinski definition) is 0. The van der Waals surface area contributed by atoms with E-state index in [0.717, 1.165) is 16.9 Å². The SMILES string of the molecule is COc1ccc(C(=O)c2ncccc2C)c(C)c1. The summed E-state index contributed by atoms with van der Waals surface area (Å²) in [6.45, 7) is 3.78. The van der Waals surface area contributed by atoms with Crippen LogP contribution in [0.4, 0.5) is 0 Å². The molecular weight excluding hydrogens is 226 g/mol. The minimum Gasteiger partial charge on any atom is -0.497 e. The zero-order chi connectivity index (χ0) is 13.1. The van der Waals surface area contributed by atoms with E-state index in [4.69, 9.17) is 4.74 Å². The third-order valence-electron chi connectivity index (χ3n) is 2.90. The molecule has 0 spiro atoms. The maximum Gasteiger partial charge on any atom is 0.211 e. The summed E-state index contributed by atoms with van der Waals surface area (Å²) in [5, 5.41) is 0. The second-order valence-corrected chi connectivity index (χ2v) is 4.18. The molecule has 3 nitrogen and oxygen atoms in total. The fourth-order valence-electron chi connectivity index (χ4n) is 1.87. The molecule has 0 unspecified atom stereocenters. The highest BCUT2D eigenvalue weighted by Crippen LogP contribution is 2.20. The Balaban J connectivity index is 2.44. The third-order valence-corrected chi connectivity index (χ3v) is 2.90. The number of nitrogens with zero attached hydrogens (tertiary/aromatic N) is 1. The fraction of sp³-hybridized carbons (Fsp3) is 0.200. The van der Waals surface area contributed by atoms with E-state index in [-0.39, 0.29) is 5.78 Å². The molecule has 1 heterocycles. The van der Waals surface area contributed by atoms with Gasteiger partial charge in [-0.1, -0.05) is 6.07 Å². The van der Waals surface area contributed by atoms with Gasteiger partial charge in [0.15, 0.2) is 0 Å². The van der Waals surface area contributed by atoms with Crippen LogP contribution in [0.2, 0.25) is 0 Å². The van der Waals surface area contributed by atoms with Crippen LogP contribution in [0.15, 0.2) is 36.5 Å². The highest BCUT2D eigenvalue weighted by atomic mass is 16.5. The van der Waals surface area contributed by atoms with Crippen LogP contribution < -0.4 is 4.74 Å². The summed E-state index contributed by atoms with van der Waals surface area (Å²) >= 11 is 0. The van der Waals surface area contributed by atoms with Crippen molar-refractivity contribution in [2.24, 2.45) is 0 Å². The number of hydrogen-bond acceptors (Lipinski definition) is 3. The van der Waals surface area contributed by atoms with Crippen molar-refractivity contribution in [2.45, 2.75) is 13.8 Å². The molecule has 92 valence electrons. The van der Waals surface area contributed by atoms with E-state index in [1.54, 1.807) is 25.4 Å². The van der Waals surface area contributed by atoms with Gasteiger partial charge in [0.05, 0.1) is 7.11 Å². The third kappa shape index (κ3) is 2.25. The first-order chi connectivity index (χ1) is 8.63. The molecule has 2 aromatic rings. The van der Waals surface area contributed by atoms with Gasteiger partial charge in [0.25, 0.3) is 0 Å². The number of methoxy groups -OCH3 is 1. The molecule has 1 aromatic heterocycles. The Labute approximate surface area is 106 Å². The number of ether oxygens (including phenoxy) is 1. The maximum atomic E-state index is 12.4. The normalized spacial score (nSPS) is 10.2. The topological polar surface area (TPSA) is 39.2 Å². The number of benzene rings is 1. The largest absolute Gasteiger partial charge is 0.497 e. The number of aryl methyl sites for hydroxylation is 2. The van der Waals surface area contributed by atoms with Crippen molar-refractivity contribution in [3.05, 3.63) is 58.9 Å². The van der Waals surface area contributed by atoms with Crippen molar-refractivity contribution in [3.63, 3.8) is 0 Å². The average Bonchev–Trinajstić information content (AvgIpc) is 2.38. The standard InChI is InChI=1S/C15H15NO2/c1-10-5-4-8-16-14(10)15(17)13-7-6-12(18-3)9-11(13)2/h4-9H,1-3H3. The van der Waals surface area contributed by atoms with Crippen molar-refractivity contribution in [1.29, 1.82) is 0 Å². The van der Waals surface area contributed by atoms with Gasteiger partial charge in [-0.3, -0.25) is 9.78 Å². The van der Waals surface area contributed by atoms with Gasteiger partial charge in [-0.15, -0.1) is 0 Å². The molecule has 0 atom stereocenters. The summed E-state index contributed by atoms with van der Waals surface area (Å²) in [5.41, 5.74) is 2.95. The Hall–Kier alpha value is -2.16. The summed E-state index contributed by atoms with van der Waals surface area (Å²) in [6, 6.07) is 9.14. The fourth-order valence-corrected chi connectivity index (χ4v) is 1.87. The van der Waals surface area contributed by atoms with Crippen LogP contribution in [0.3, 0.4) is 0 Å². The molecular formula is C15H15NO2. The molecule has 2 rings (SSSR count). The van der Waals surface area contributed by atoms with E-state index in [2.05, 4.69) is 4.98 Å². The Kier molecular flexibility index (Phi) is 3.42. The molecule has 18 heavy (non-hydrogen) atoms. The van der Waals surface area contributed by atoms with Crippen LogP contribution >= 0.6 is 0 Å². The van der Waals surface area contributed by atoms with Crippen LogP contribution in [0.25, 0.3) is 0 Å². The number of aromatic nitrogens is 1. The van der Waals surface area contributed by atoms with E-state index in [9.17, 15) is 4.79 Å². The van der Waals surface area contributed by atoms with E-state index >= 15 is 0 Å². The number of rotatable bonds is 3. The maximum absolute atomic E-state index is 12.4. The molecule has 0 fully saturated rings. The highest BCUT2D eigenvalue weighted by molar-refractivity contribution is 6.09. The van der Waals surface area contributed by atoms with E-state index in [0.29, 0.717) is 11.3 Å². The molecule has 0 amide bonds.